The Labute approximate surface area is 97.9 Å². The Balaban J connectivity index is 2.36. The molecule has 0 bridgehead atoms. The van der Waals surface area contributed by atoms with Gasteiger partial charge in [0.2, 0.25) is 0 Å². The van der Waals surface area contributed by atoms with Gasteiger partial charge in [-0.2, -0.15) is 0 Å². The maximum atomic E-state index is 11.0. The number of rotatable bonds is 3. The summed E-state index contributed by atoms with van der Waals surface area (Å²) in [6.07, 6.45) is 1.63. The Morgan fingerprint density at radius 1 is 1.29 bits per heavy atom. The van der Waals surface area contributed by atoms with Gasteiger partial charge in [-0.25, -0.2) is 9.78 Å². The molecule has 0 amide bonds. The number of hydrogen-bond donors (Lipinski definition) is 3. The van der Waals surface area contributed by atoms with Crippen LogP contribution in [0.1, 0.15) is 10.4 Å². The van der Waals surface area contributed by atoms with Crippen LogP contribution in [0.4, 0.5) is 17.2 Å². The lowest BCUT2D eigenvalue weighted by Crippen LogP contribution is -2.04. The van der Waals surface area contributed by atoms with E-state index in [4.69, 9.17) is 10.8 Å². The van der Waals surface area contributed by atoms with E-state index in [0.717, 1.165) is 0 Å². The Kier molecular flexibility index (Phi) is 2.91. The van der Waals surface area contributed by atoms with Crippen LogP contribution >= 0.6 is 0 Å². The van der Waals surface area contributed by atoms with Gasteiger partial charge < -0.3 is 16.2 Å². The van der Waals surface area contributed by atoms with Crippen molar-refractivity contribution in [2.45, 2.75) is 0 Å². The first-order valence-corrected chi connectivity index (χ1v) is 4.97. The van der Waals surface area contributed by atoms with E-state index >= 15 is 0 Å². The fourth-order valence-corrected chi connectivity index (χ4v) is 1.42. The monoisotopic (exact) mass is 229 g/mol. The number of nitrogens with two attached hydrogens (primary N) is 1. The van der Waals surface area contributed by atoms with Crippen molar-refractivity contribution in [1.29, 1.82) is 0 Å². The standard InChI is InChI=1S/C12H11N3O2/c13-8-4-5-10(9(7-8)12(16)17)15-11-3-1-2-6-14-11/h1-7H,13H2,(H,14,15)(H,16,17). The van der Waals surface area contributed by atoms with Crippen LogP contribution < -0.4 is 11.1 Å². The quantitative estimate of drug-likeness (QED) is 0.701. The number of carboxylic acids is 1. The van der Waals surface area contributed by atoms with Crippen LogP contribution in [0.3, 0.4) is 0 Å². The van der Waals surface area contributed by atoms with Crippen LogP contribution in [0, 0.1) is 0 Å². The molecule has 0 radical (unpaired) electrons. The van der Waals surface area contributed by atoms with Gasteiger partial charge >= 0.3 is 5.97 Å². The lowest BCUT2D eigenvalue weighted by Gasteiger charge is -2.09. The fraction of sp³-hybridized carbons (Fsp3) is 0. The van der Waals surface area contributed by atoms with E-state index < -0.39 is 5.97 Å². The van der Waals surface area contributed by atoms with E-state index in [0.29, 0.717) is 17.2 Å². The van der Waals surface area contributed by atoms with Crippen LogP contribution in [0.2, 0.25) is 0 Å². The van der Waals surface area contributed by atoms with E-state index in [2.05, 4.69) is 10.3 Å². The van der Waals surface area contributed by atoms with Crippen molar-refractivity contribution in [2.75, 3.05) is 11.1 Å². The Morgan fingerprint density at radius 2 is 2.12 bits per heavy atom. The molecule has 0 spiro atoms. The van der Waals surface area contributed by atoms with Crippen LogP contribution in [0.25, 0.3) is 0 Å². The third kappa shape index (κ3) is 2.52. The lowest BCUT2D eigenvalue weighted by molar-refractivity contribution is 0.0698. The number of anilines is 3. The Hall–Kier alpha value is -2.56. The third-order valence-electron chi connectivity index (χ3n) is 2.20. The number of nitrogens with one attached hydrogen (secondary N) is 1. The van der Waals surface area contributed by atoms with Crippen LogP contribution in [-0.2, 0) is 0 Å². The first kappa shape index (κ1) is 10.9. The summed E-state index contributed by atoms with van der Waals surface area (Å²) in [5.74, 6) is -0.449. The lowest BCUT2D eigenvalue weighted by atomic mass is 10.1. The molecule has 0 saturated carbocycles. The molecule has 1 heterocycles. The second kappa shape index (κ2) is 4.52. The van der Waals surface area contributed by atoms with Gasteiger partial charge in [0.25, 0.3) is 0 Å². The average molecular weight is 229 g/mol. The molecule has 2 aromatic rings. The number of aromatic nitrogens is 1. The zero-order valence-electron chi connectivity index (χ0n) is 8.92. The molecule has 86 valence electrons. The van der Waals surface area contributed by atoms with Crippen molar-refractivity contribution in [2.24, 2.45) is 0 Å². The van der Waals surface area contributed by atoms with Gasteiger partial charge in [0.1, 0.15) is 5.82 Å². The summed E-state index contributed by atoms with van der Waals surface area (Å²) in [4.78, 5) is 15.1. The van der Waals surface area contributed by atoms with Crippen molar-refractivity contribution in [3.05, 3.63) is 48.2 Å². The number of nitrogens with zero attached hydrogens (tertiary/aromatic N) is 1. The average Bonchev–Trinajstić information content (AvgIpc) is 2.32. The smallest absolute Gasteiger partial charge is 0.337 e. The van der Waals surface area contributed by atoms with Crippen molar-refractivity contribution >= 4 is 23.2 Å². The molecule has 0 aliphatic rings. The summed E-state index contributed by atoms with van der Waals surface area (Å²) in [5, 5.41) is 12.0. The molecule has 0 aliphatic heterocycles. The van der Waals surface area contributed by atoms with Crippen molar-refractivity contribution in [1.82, 2.24) is 4.98 Å². The number of nitrogen functional groups attached to an aromatic ring is 1. The predicted octanol–water partition coefficient (Wildman–Crippen LogP) is 2.11. The Morgan fingerprint density at radius 3 is 2.76 bits per heavy atom. The minimum Gasteiger partial charge on any atom is -0.478 e. The number of benzene rings is 1. The third-order valence-corrected chi connectivity index (χ3v) is 2.20. The molecule has 5 nitrogen and oxygen atoms in total. The molecule has 4 N–H and O–H groups in total. The van der Waals surface area contributed by atoms with E-state index in [1.807, 2.05) is 6.07 Å². The van der Waals surface area contributed by atoms with E-state index in [1.54, 1.807) is 30.5 Å². The molecule has 0 fully saturated rings. The molecule has 1 aromatic carbocycles. The van der Waals surface area contributed by atoms with Crippen molar-refractivity contribution in [3.8, 4) is 0 Å². The summed E-state index contributed by atoms with van der Waals surface area (Å²) >= 11 is 0. The topological polar surface area (TPSA) is 88.2 Å². The molecular formula is C12H11N3O2. The highest BCUT2D eigenvalue weighted by molar-refractivity contribution is 5.96. The van der Waals surface area contributed by atoms with Gasteiger partial charge in [-0.1, -0.05) is 6.07 Å². The van der Waals surface area contributed by atoms with E-state index in [-0.39, 0.29) is 5.56 Å². The largest absolute Gasteiger partial charge is 0.478 e. The molecule has 2 rings (SSSR count). The summed E-state index contributed by atoms with van der Waals surface area (Å²) in [6, 6.07) is 10.0. The van der Waals surface area contributed by atoms with Crippen LogP contribution in [0.5, 0.6) is 0 Å². The van der Waals surface area contributed by atoms with Crippen LogP contribution in [-0.4, -0.2) is 16.1 Å². The minimum atomic E-state index is -1.03. The number of carboxylic acid groups (broad SMARTS) is 1. The molecular weight excluding hydrogens is 218 g/mol. The SMILES string of the molecule is Nc1ccc(Nc2ccccn2)c(C(=O)O)c1. The highest BCUT2D eigenvalue weighted by atomic mass is 16.4. The maximum absolute atomic E-state index is 11.0. The van der Waals surface area contributed by atoms with Gasteiger partial charge in [-0.15, -0.1) is 0 Å². The van der Waals surface area contributed by atoms with Gasteiger partial charge in [0.05, 0.1) is 11.3 Å². The minimum absolute atomic E-state index is 0.121. The first-order chi connectivity index (χ1) is 8.16. The molecule has 17 heavy (non-hydrogen) atoms. The zero-order valence-corrected chi connectivity index (χ0v) is 8.92. The van der Waals surface area contributed by atoms with Crippen LogP contribution in [0.15, 0.2) is 42.6 Å². The normalized spacial score (nSPS) is 9.88. The summed E-state index contributed by atoms with van der Waals surface area (Å²) in [7, 11) is 0. The molecule has 0 atom stereocenters. The predicted molar refractivity (Wildman–Crippen MR) is 65.3 cm³/mol. The number of carbonyl (C=O) groups is 1. The molecule has 0 saturated heterocycles. The van der Waals surface area contributed by atoms with Gasteiger partial charge in [-0.05, 0) is 30.3 Å². The zero-order chi connectivity index (χ0) is 12.3. The van der Waals surface area contributed by atoms with Gasteiger partial charge in [-0.3, -0.25) is 0 Å². The van der Waals surface area contributed by atoms with Crippen molar-refractivity contribution in [3.63, 3.8) is 0 Å². The summed E-state index contributed by atoms with van der Waals surface area (Å²) < 4.78 is 0. The highest BCUT2D eigenvalue weighted by Crippen LogP contribution is 2.22. The number of aromatic carboxylic acids is 1. The summed E-state index contributed by atoms with van der Waals surface area (Å²) in [6.45, 7) is 0. The Bertz CT molecular complexity index is 541. The highest BCUT2D eigenvalue weighted by Gasteiger charge is 2.10. The van der Waals surface area contributed by atoms with Crippen molar-refractivity contribution < 1.29 is 9.90 Å². The first-order valence-electron chi connectivity index (χ1n) is 4.97. The second-order valence-corrected chi connectivity index (χ2v) is 3.45. The molecule has 0 unspecified atom stereocenters. The second-order valence-electron chi connectivity index (χ2n) is 3.45. The van der Waals surface area contributed by atoms with Gasteiger partial charge in [0, 0.05) is 11.9 Å². The van der Waals surface area contributed by atoms with Gasteiger partial charge in [0.15, 0.2) is 0 Å². The molecule has 0 aliphatic carbocycles. The number of hydrogen-bond acceptors (Lipinski definition) is 4. The number of pyridine rings is 1. The molecule has 1 aromatic heterocycles. The maximum Gasteiger partial charge on any atom is 0.337 e. The molecule has 5 heteroatoms. The summed E-state index contributed by atoms with van der Waals surface area (Å²) in [5.41, 5.74) is 6.55. The van der Waals surface area contributed by atoms with E-state index in [1.165, 1.54) is 6.07 Å². The van der Waals surface area contributed by atoms with E-state index in [9.17, 15) is 4.79 Å². The fourth-order valence-electron chi connectivity index (χ4n) is 1.42.